The first-order chi connectivity index (χ1) is 16.0. The van der Waals surface area contributed by atoms with Crippen LogP contribution in [0, 0.1) is 11.3 Å². The Morgan fingerprint density at radius 2 is 2.15 bits per heavy atom. The van der Waals surface area contributed by atoms with Crippen molar-refractivity contribution in [2.75, 3.05) is 45.7 Å². The molecule has 0 aliphatic carbocycles. The van der Waals surface area contributed by atoms with E-state index in [1.54, 1.807) is 12.3 Å². The molecule has 33 heavy (non-hydrogen) atoms. The highest BCUT2D eigenvalue weighted by atomic mass is 16.5. The van der Waals surface area contributed by atoms with Crippen LogP contribution in [0.4, 0.5) is 5.69 Å². The summed E-state index contributed by atoms with van der Waals surface area (Å²) in [5.41, 5.74) is 3.36. The molecule has 0 saturated carbocycles. The van der Waals surface area contributed by atoms with E-state index < -0.39 is 0 Å². The van der Waals surface area contributed by atoms with E-state index in [0.29, 0.717) is 18.0 Å². The number of nitrogens with zero attached hydrogens (tertiary/aromatic N) is 4. The number of anilines is 1. The van der Waals surface area contributed by atoms with Crippen molar-refractivity contribution in [2.24, 2.45) is 0 Å². The van der Waals surface area contributed by atoms with Crippen molar-refractivity contribution in [3.63, 3.8) is 0 Å². The number of hydrogen-bond donors (Lipinski definition) is 2. The Hall–Kier alpha value is -2.89. The minimum absolute atomic E-state index is 0.0424. The van der Waals surface area contributed by atoms with E-state index in [1.807, 2.05) is 36.2 Å². The van der Waals surface area contributed by atoms with Crippen LogP contribution in [-0.2, 0) is 9.53 Å². The Bertz CT molecular complexity index is 1050. The van der Waals surface area contributed by atoms with E-state index in [4.69, 9.17) is 4.74 Å². The number of amides is 1. The maximum atomic E-state index is 12.9. The number of likely N-dealkylation sites (N-methyl/N-ethyl adjacent to an activating group) is 1. The van der Waals surface area contributed by atoms with Crippen LogP contribution in [0.2, 0.25) is 0 Å². The lowest BCUT2D eigenvalue weighted by Crippen LogP contribution is -2.49. The number of H-pyrrole nitrogens is 1. The lowest BCUT2D eigenvalue weighted by atomic mass is 9.90. The number of likely N-dealkylation sites (tertiary alicyclic amines) is 1. The molecule has 1 amide bonds. The van der Waals surface area contributed by atoms with Crippen LogP contribution < -0.4 is 5.32 Å². The second-order valence-corrected chi connectivity index (χ2v) is 9.44. The van der Waals surface area contributed by atoms with Gasteiger partial charge >= 0.3 is 0 Å². The van der Waals surface area contributed by atoms with Crippen molar-refractivity contribution in [3.05, 3.63) is 35.7 Å². The highest BCUT2D eigenvalue weighted by Gasteiger charge is 2.30. The first kappa shape index (κ1) is 23.3. The van der Waals surface area contributed by atoms with Gasteiger partial charge in [0.05, 0.1) is 11.3 Å². The average Bonchev–Trinajstić information content (AvgIpc) is 3.25. The van der Waals surface area contributed by atoms with E-state index in [2.05, 4.69) is 28.3 Å². The molecule has 2 saturated heterocycles. The van der Waals surface area contributed by atoms with Gasteiger partial charge in [0.1, 0.15) is 11.7 Å². The van der Waals surface area contributed by atoms with Crippen LogP contribution in [-0.4, -0.2) is 78.2 Å². The van der Waals surface area contributed by atoms with Gasteiger partial charge in [0.2, 0.25) is 5.91 Å². The fourth-order valence-electron chi connectivity index (χ4n) is 4.88. The number of hydrogen-bond acceptors (Lipinski definition) is 6. The predicted molar refractivity (Wildman–Crippen MR) is 129 cm³/mol. The molecule has 2 atom stereocenters. The quantitative estimate of drug-likeness (QED) is 0.656. The van der Waals surface area contributed by atoms with Gasteiger partial charge < -0.3 is 24.8 Å². The number of nitriles is 1. The SMILES string of the molecule is C[C@H]1CC[C@@H](Nc2c(C#N)cnc3[nH]cc(C4CCOCC4)c23)CN1C(=O)/C=C/CN(C)C. The third-order valence-electron chi connectivity index (χ3n) is 6.76. The van der Waals surface area contributed by atoms with Crippen LogP contribution in [0.25, 0.3) is 11.0 Å². The second kappa shape index (κ2) is 10.4. The first-order valence-corrected chi connectivity index (χ1v) is 11.8. The number of pyridine rings is 1. The van der Waals surface area contributed by atoms with Crippen LogP contribution in [0.1, 0.15) is 49.7 Å². The zero-order valence-corrected chi connectivity index (χ0v) is 19.8. The smallest absolute Gasteiger partial charge is 0.246 e. The number of nitrogens with one attached hydrogen (secondary N) is 2. The monoisotopic (exact) mass is 450 g/mol. The molecular weight excluding hydrogens is 416 g/mol. The van der Waals surface area contributed by atoms with Gasteiger partial charge in [-0.1, -0.05) is 6.08 Å². The molecule has 2 aliphatic heterocycles. The molecule has 2 aromatic heterocycles. The van der Waals surface area contributed by atoms with Gasteiger partial charge in [-0.25, -0.2) is 4.98 Å². The number of carbonyl (C=O) groups excluding carboxylic acids is 1. The molecular formula is C25H34N6O2. The van der Waals surface area contributed by atoms with E-state index in [0.717, 1.165) is 62.2 Å². The van der Waals surface area contributed by atoms with Crippen molar-refractivity contribution in [1.82, 2.24) is 19.8 Å². The molecule has 8 heteroatoms. The summed E-state index contributed by atoms with van der Waals surface area (Å²) in [6, 6.07) is 2.58. The van der Waals surface area contributed by atoms with Gasteiger partial charge in [0.25, 0.3) is 0 Å². The Labute approximate surface area is 195 Å². The summed E-state index contributed by atoms with van der Waals surface area (Å²) in [5.74, 6) is 0.427. The van der Waals surface area contributed by atoms with Crippen molar-refractivity contribution in [1.29, 1.82) is 5.26 Å². The summed E-state index contributed by atoms with van der Waals surface area (Å²) in [5, 5.41) is 14.5. The lowest BCUT2D eigenvalue weighted by Gasteiger charge is -2.38. The van der Waals surface area contributed by atoms with E-state index >= 15 is 0 Å². The number of piperidine rings is 1. The summed E-state index contributed by atoms with van der Waals surface area (Å²) in [6.07, 6.45) is 11.0. The van der Waals surface area contributed by atoms with E-state index in [9.17, 15) is 10.1 Å². The maximum absolute atomic E-state index is 12.9. The standard InChI is InChI=1S/C25H34N6O2/c1-17-6-7-20(16-31(17)22(32)5-4-10-30(2)3)29-24-19(13-26)14-27-25-23(24)21(15-28-25)18-8-11-33-12-9-18/h4-5,14-15,17-18,20H,6-12,16H2,1-3H3,(H2,27,28,29)/b5-4+/t17-,20+/m0/s1. The van der Waals surface area contributed by atoms with Crippen molar-refractivity contribution < 1.29 is 9.53 Å². The summed E-state index contributed by atoms with van der Waals surface area (Å²) >= 11 is 0. The maximum Gasteiger partial charge on any atom is 0.246 e. The topological polar surface area (TPSA) is 97.3 Å². The minimum atomic E-state index is 0.0424. The molecule has 4 rings (SSSR count). The van der Waals surface area contributed by atoms with Gasteiger partial charge in [0, 0.05) is 62.2 Å². The Kier molecular flexibility index (Phi) is 7.31. The van der Waals surface area contributed by atoms with Gasteiger partial charge in [-0.15, -0.1) is 0 Å². The number of carbonyl (C=O) groups is 1. The van der Waals surface area contributed by atoms with Crippen LogP contribution in [0.5, 0.6) is 0 Å². The van der Waals surface area contributed by atoms with E-state index in [-0.39, 0.29) is 18.0 Å². The summed E-state index contributed by atoms with van der Waals surface area (Å²) in [6.45, 7) is 4.96. The van der Waals surface area contributed by atoms with Crippen LogP contribution in [0.3, 0.4) is 0 Å². The van der Waals surface area contributed by atoms with Gasteiger partial charge in [-0.05, 0) is 58.2 Å². The summed E-state index contributed by atoms with van der Waals surface area (Å²) in [7, 11) is 3.96. The number of aromatic amines is 1. The lowest BCUT2D eigenvalue weighted by molar-refractivity contribution is -0.129. The fourth-order valence-corrected chi connectivity index (χ4v) is 4.88. The highest BCUT2D eigenvalue weighted by molar-refractivity contribution is 5.96. The molecule has 0 bridgehead atoms. The molecule has 0 spiro atoms. The molecule has 2 N–H and O–H groups in total. The molecule has 2 aromatic rings. The molecule has 2 aliphatic rings. The van der Waals surface area contributed by atoms with Gasteiger partial charge in [-0.2, -0.15) is 5.26 Å². The Balaban J connectivity index is 1.59. The van der Waals surface area contributed by atoms with Crippen molar-refractivity contribution >= 4 is 22.6 Å². The minimum Gasteiger partial charge on any atom is -0.381 e. The van der Waals surface area contributed by atoms with Gasteiger partial charge in [0.15, 0.2) is 0 Å². The second-order valence-electron chi connectivity index (χ2n) is 9.44. The summed E-state index contributed by atoms with van der Waals surface area (Å²) < 4.78 is 5.55. The Morgan fingerprint density at radius 3 is 2.88 bits per heavy atom. The highest BCUT2D eigenvalue weighted by Crippen LogP contribution is 2.37. The van der Waals surface area contributed by atoms with E-state index in [1.165, 1.54) is 5.56 Å². The molecule has 2 fully saturated rings. The third-order valence-corrected chi connectivity index (χ3v) is 6.76. The van der Waals surface area contributed by atoms with Crippen molar-refractivity contribution in [2.45, 2.75) is 50.6 Å². The van der Waals surface area contributed by atoms with Gasteiger partial charge in [-0.3, -0.25) is 4.79 Å². The summed E-state index contributed by atoms with van der Waals surface area (Å²) in [4.78, 5) is 24.6. The zero-order valence-electron chi connectivity index (χ0n) is 19.8. The number of ether oxygens (including phenoxy) is 1. The number of fused-ring (bicyclic) bond motifs is 1. The molecule has 4 heterocycles. The average molecular weight is 451 g/mol. The van der Waals surface area contributed by atoms with Crippen LogP contribution >= 0.6 is 0 Å². The molecule has 176 valence electrons. The number of aromatic nitrogens is 2. The van der Waals surface area contributed by atoms with Crippen LogP contribution in [0.15, 0.2) is 24.5 Å². The molecule has 0 unspecified atom stereocenters. The Morgan fingerprint density at radius 1 is 1.36 bits per heavy atom. The largest absolute Gasteiger partial charge is 0.381 e. The normalized spacial score (nSPS) is 22.2. The first-order valence-electron chi connectivity index (χ1n) is 11.8. The molecule has 8 nitrogen and oxygen atoms in total. The molecule has 0 aromatic carbocycles. The fraction of sp³-hybridized carbons (Fsp3) is 0.560. The molecule has 0 radical (unpaired) electrons. The zero-order chi connectivity index (χ0) is 23.4. The van der Waals surface area contributed by atoms with Crippen molar-refractivity contribution in [3.8, 4) is 6.07 Å². The third kappa shape index (κ3) is 5.21. The number of rotatable bonds is 6. The predicted octanol–water partition coefficient (Wildman–Crippen LogP) is 3.24.